The number of nitrogens with one attached hydrogen (secondary N) is 1. The van der Waals surface area contributed by atoms with Gasteiger partial charge in [0.2, 0.25) is 5.78 Å². The van der Waals surface area contributed by atoms with Crippen LogP contribution in [-0.4, -0.2) is 15.8 Å². The summed E-state index contributed by atoms with van der Waals surface area (Å²) in [7, 11) is 0. The molecule has 0 radical (unpaired) electrons. The SMILES string of the molecule is O=C(c1ccc[nH]1)c1ccncc1Br. The molecular weight excluding hydrogens is 244 g/mol. The summed E-state index contributed by atoms with van der Waals surface area (Å²) in [5, 5.41) is 0. The van der Waals surface area contributed by atoms with Crippen LogP contribution < -0.4 is 0 Å². The highest BCUT2D eigenvalue weighted by Gasteiger charge is 2.12. The number of ketones is 1. The van der Waals surface area contributed by atoms with Crippen LogP contribution in [0.3, 0.4) is 0 Å². The van der Waals surface area contributed by atoms with E-state index >= 15 is 0 Å². The third-order valence-electron chi connectivity index (χ3n) is 1.86. The van der Waals surface area contributed by atoms with Crippen LogP contribution in [0, 0.1) is 0 Å². The second-order valence-electron chi connectivity index (χ2n) is 2.77. The molecule has 0 atom stereocenters. The smallest absolute Gasteiger partial charge is 0.210 e. The number of H-pyrrole nitrogens is 1. The Bertz CT molecular complexity index is 451. The van der Waals surface area contributed by atoms with Crippen LogP contribution in [0.4, 0.5) is 0 Å². The number of halogens is 1. The van der Waals surface area contributed by atoms with Gasteiger partial charge in [0.15, 0.2) is 0 Å². The van der Waals surface area contributed by atoms with E-state index in [-0.39, 0.29) is 5.78 Å². The summed E-state index contributed by atoms with van der Waals surface area (Å²) in [6.45, 7) is 0. The predicted molar refractivity (Wildman–Crippen MR) is 56.2 cm³/mol. The monoisotopic (exact) mass is 250 g/mol. The summed E-state index contributed by atoms with van der Waals surface area (Å²) in [6, 6.07) is 5.23. The van der Waals surface area contributed by atoms with Gasteiger partial charge in [0.1, 0.15) is 0 Å². The van der Waals surface area contributed by atoms with Crippen molar-refractivity contribution in [2.24, 2.45) is 0 Å². The van der Waals surface area contributed by atoms with Crippen molar-refractivity contribution in [3.63, 3.8) is 0 Å². The molecule has 0 aliphatic rings. The van der Waals surface area contributed by atoms with Crippen molar-refractivity contribution in [3.8, 4) is 0 Å². The Hall–Kier alpha value is -1.42. The molecule has 2 heterocycles. The Kier molecular flexibility index (Phi) is 2.45. The highest BCUT2D eigenvalue weighted by atomic mass is 79.9. The first-order chi connectivity index (χ1) is 6.79. The van der Waals surface area contributed by atoms with Crippen molar-refractivity contribution in [1.29, 1.82) is 0 Å². The van der Waals surface area contributed by atoms with Gasteiger partial charge in [0.05, 0.1) is 5.69 Å². The normalized spacial score (nSPS) is 10.1. The van der Waals surface area contributed by atoms with Crippen LogP contribution >= 0.6 is 15.9 Å². The van der Waals surface area contributed by atoms with Crippen molar-refractivity contribution >= 4 is 21.7 Å². The molecule has 1 N–H and O–H groups in total. The molecule has 0 spiro atoms. The fourth-order valence-corrected chi connectivity index (χ4v) is 1.61. The van der Waals surface area contributed by atoms with Crippen molar-refractivity contribution in [2.75, 3.05) is 0 Å². The maximum Gasteiger partial charge on any atom is 0.210 e. The minimum atomic E-state index is -0.0377. The molecule has 0 aliphatic heterocycles. The zero-order valence-electron chi connectivity index (χ0n) is 7.20. The van der Waals surface area contributed by atoms with Gasteiger partial charge in [-0.25, -0.2) is 0 Å². The van der Waals surface area contributed by atoms with Gasteiger partial charge >= 0.3 is 0 Å². The van der Waals surface area contributed by atoms with E-state index in [0.29, 0.717) is 15.7 Å². The van der Waals surface area contributed by atoms with E-state index < -0.39 is 0 Å². The van der Waals surface area contributed by atoms with Gasteiger partial charge in [0, 0.05) is 28.6 Å². The topological polar surface area (TPSA) is 45.8 Å². The molecule has 14 heavy (non-hydrogen) atoms. The van der Waals surface area contributed by atoms with Gasteiger partial charge in [-0.05, 0) is 34.1 Å². The van der Waals surface area contributed by atoms with Gasteiger partial charge in [-0.1, -0.05) is 0 Å². The van der Waals surface area contributed by atoms with Crippen LogP contribution in [0.25, 0.3) is 0 Å². The molecule has 0 fully saturated rings. The van der Waals surface area contributed by atoms with Crippen LogP contribution in [0.1, 0.15) is 16.1 Å². The minimum Gasteiger partial charge on any atom is -0.359 e. The zero-order valence-corrected chi connectivity index (χ0v) is 8.78. The van der Waals surface area contributed by atoms with Crippen molar-refractivity contribution in [2.45, 2.75) is 0 Å². The van der Waals surface area contributed by atoms with E-state index in [1.54, 1.807) is 36.8 Å². The quantitative estimate of drug-likeness (QED) is 0.833. The van der Waals surface area contributed by atoms with Gasteiger partial charge in [-0.2, -0.15) is 0 Å². The van der Waals surface area contributed by atoms with Crippen LogP contribution in [0.2, 0.25) is 0 Å². The maximum absolute atomic E-state index is 11.8. The molecule has 0 aromatic carbocycles. The first-order valence-corrected chi connectivity index (χ1v) is 4.86. The zero-order chi connectivity index (χ0) is 9.97. The van der Waals surface area contributed by atoms with Gasteiger partial charge < -0.3 is 4.98 Å². The Morgan fingerprint density at radius 3 is 2.93 bits per heavy atom. The Morgan fingerprint density at radius 1 is 1.43 bits per heavy atom. The van der Waals surface area contributed by atoms with Crippen LogP contribution in [-0.2, 0) is 0 Å². The second-order valence-corrected chi connectivity index (χ2v) is 3.62. The third-order valence-corrected chi connectivity index (χ3v) is 2.49. The first kappa shape index (κ1) is 9.15. The van der Waals surface area contributed by atoms with Crippen molar-refractivity contribution < 1.29 is 4.79 Å². The number of carbonyl (C=O) groups excluding carboxylic acids is 1. The third kappa shape index (κ3) is 1.61. The summed E-state index contributed by atoms with van der Waals surface area (Å²) in [6.07, 6.45) is 4.93. The lowest BCUT2D eigenvalue weighted by Gasteiger charge is -2.00. The van der Waals surface area contributed by atoms with E-state index in [9.17, 15) is 4.79 Å². The number of hydrogen-bond acceptors (Lipinski definition) is 2. The molecule has 0 bridgehead atoms. The van der Waals surface area contributed by atoms with Crippen molar-refractivity contribution in [3.05, 3.63) is 52.5 Å². The van der Waals surface area contributed by atoms with E-state index in [0.717, 1.165) is 0 Å². The lowest BCUT2D eigenvalue weighted by Crippen LogP contribution is -2.02. The van der Waals surface area contributed by atoms with Gasteiger partial charge in [0.25, 0.3) is 0 Å². The lowest BCUT2D eigenvalue weighted by atomic mass is 10.1. The highest BCUT2D eigenvalue weighted by molar-refractivity contribution is 9.10. The standard InChI is InChI=1S/C10H7BrN2O/c11-8-6-12-5-3-7(8)10(14)9-2-1-4-13-9/h1-6,13H. The Balaban J connectivity index is 2.42. The number of aromatic nitrogens is 2. The fourth-order valence-electron chi connectivity index (χ4n) is 1.18. The number of hydrogen-bond donors (Lipinski definition) is 1. The highest BCUT2D eigenvalue weighted by Crippen LogP contribution is 2.17. The molecule has 0 aliphatic carbocycles. The number of rotatable bonds is 2. The molecule has 70 valence electrons. The second kappa shape index (κ2) is 3.75. The summed E-state index contributed by atoms with van der Waals surface area (Å²) < 4.78 is 0.708. The Labute approximate surface area is 89.3 Å². The Morgan fingerprint density at radius 2 is 2.29 bits per heavy atom. The van der Waals surface area contributed by atoms with Gasteiger partial charge in [-0.3, -0.25) is 9.78 Å². The fraction of sp³-hybridized carbons (Fsp3) is 0. The summed E-state index contributed by atoms with van der Waals surface area (Å²) in [5.41, 5.74) is 1.19. The van der Waals surface area contributed by atoms with E-state index in [1.165, 1.54) is 0 Å². The molecule has 0 saturated carbocycles. The molecule has 2 aromatic rings. The van der Waals surface area contributed by atoms with E-state index in [1.807, 2.05) is 0 Å². The molecule has 4 heteroatoms. The van der Waals surface area contributed by atoms with Gasteiger partial charge in [-0.15, -0.1) is 0 Å². The number of pyridine rings is 1. The predicted octanol–water partition coefficient (Wildman–Crippen LogP) is 2.40. The number of aromatic amines is 1. The summed E-state index contributed by atoms with van der Waals surface area (Å²) in [5.74, 6) is -0.0377. The lowest BCUT2D eigenvalue weighted by molar-refractivity contribution is 0.103. The largest absolute Gasteiger partial charge is 0.359 e. The minimum absolute atomic E-state index is 0.0377. The molecule has 0 amide bonds. The number of carbonyl (C=O) groups is 1. The molecule has 2 aromatic heterocycles. The average Bonchev–Trinajstić information content (AvgIpc) is 2.70. The van der Waals surface area contributed by atoms with Crippen molar-refractivity contribution in [1.82, 2.24) is 9.97 Å². The molecule has 3 nitrogen and oxygen atoms in total. The average molecular weight is 251 g/mol. The summed E-state index contributed by atoms with van der Waals surface area (Å²) >= 11 is 3.29. The molecule has 2 rings (SSSR count). The van der Waals surface area contributed by atoms with E-state index in [4.69, 9.17) is 0 Å². The van der Waals surface area contributed by atoms with Crippen LogP contribution in [0.15, 0.2) is 41.3 Å². The first-order valence-electron chi connectivity index (χ1n) is 4.06. The van der Waals surface area contributed by atoms with E-state index in [2.05, 4.69) is 25.9 Å². The molecule has 0 saturated heterocycles. The van der Waals surface area contributed by atoms with Crippen LogP contribution in [0.5, 0.6) is 0 Å². The summed E-state index contributed by atoms with van der Waals surface area (Å²) in [4.78, 5) is 18.6. The molecule has 0 unspecified atom stereocenters. The number of nitrogens with zero attached hydrogens (tertiary/aromatic N) is 1. The molecular formula is C10H7BrN2O. The maximum atomic E-state index is 11.8.